The number of amides is 1. The van der Waals surface area contributed by atoms with Gasteiger partial charge in [0, 0.05) is 5.39 Å². The number of ether oxygens (including phenoxy) is 1. The van der Waals surface area contributed by atoms with Gasteiger partial charge in [0.15, 0.2) is 0 Å². The second kappa shape index (κ2) is 7.57. The van der Waals surface area contributed by atoms with E-state index in [1.165, 1.54) is 19.2 Å². The molecule has 0 spiro atoms. The van der Waals surface area contributed by atoms with Gasteiger partial charge in [-0.1, -0.05) is 30.3 Å². The van der Waals surface area contributed by atoms with E-state index in [0.717, 1.165) is 10.9 Å². The number of fused-ring (bicyclic) bond motifs is 1. The van der Waals surface area contributed by atoms with Crippen LogP contribution in [0.4, 0.5) is 4.39 Å². The number of hydrogen-bond acceptors (Lipinski definition) is 4. The molecule has 7 heteroatoms. The summed E-state index contributed by atoms with van der Waals surface area (Å²) in [7, 11) is 1.28. The first-order valence-corrected chi connectivity index (χ1v) is 8.46. The van der Waals surface area contributed by atoms with Gasteiger partial charge in [-0.05, 0) is 30.7 Å². The third-order valence-corrected chi connectivity index (χ3v) is 4.47. The molecule has 0 bridgehead atoms. The second-order valence-corrected chi connectivity index (χ2v) is 6.50. The lowest BCUT2D eigenvalue weighted by Gasteiger charge is -2.30. The van der Waals surface area contributed by atoms with E-state index in [0.29, 0.717) is 5.56 Å². The lowest BCUT2D eigenvalue weighted by molar-refractivity contribution is -0.142. The molecular weight excluding hydrogens is 349 g/mol. The largest absolute Gasteiger partial charge is 0.469 e. The van der Waals surface area contributed by atoms with E-state index < -0.39 is 17.3 Å². The van der Waals surface area contributed by atoms with Crippen LogP contribution in [0.5, 0.6) is 0 Å². The second-order valence-electron chi connectivity index (χ2n) is 6.50. The Morgan fingerprint density at radius 1 is 1.19 bits per heavy atom. The van der Waals surface area contributed by atoms with Crippen LogP contribution < -0.4 is 5.32 Å². The minimum absolute atomic E-state index is 0.00846. The van der Waals surface area contributed by atoms with E-state index in [1.807, 2.05) is 24.3 Å². The molecule has 1 aromatic heterocycles. The molecule has 0 radical (unpaired) electrons. The normalized spacial score (nSPS) is 13.1. The van der Waals surface area contributed by atoms with Crippen molar-refractivity contribution < 1.29 is 18.7 Å². The van der Waals surface area contributed by atoms with Crippen LogP contribution in [0, 0.1) is 5.82 Å². The van der Waals surface area contributed by atoms with Crippen molar-refractivity contribution in [1.82, 2.24) is 15.1 Å². The highest BCUT2D eigenvalue weighted by molar-refractivity contribution is 5.83. The predicted octanol–water partition coefficient (Wildman–Crippen LogP) is 2.77. The number of carbonyl (C=O) groups is 2. The number of nitrogens with zero attached hydrogens (tertiary/aromatic N) is 2. The zero-order valence-electron chi connectivity index (χ0n) is 15.1. The van der Waals surface area contributed by atoms with Crippen molar-refractivity contribution in [2.75, 3.05) is 7.11 Å². The van der Waals surface area contributed by atoms with Gasteiger partial charge in [0.25, 0.3) is 0 Å². The SMILES string of the molecule is COC(=O)CC(C)(NC(=O)Cn1ncc2ccccc21)c1ccc(F)cc1. The maximum Gasteiger partial charge on any atom is 0.308 e. The summed E-state index contributed by atoms with van der Waals surface area (Å²) in [5.74, 6) is -1.19. The molecule has 0 fully saturated rings. The van der Waals surface area contributed by atoms with E-state index in [4.69, 9.17) is 4.74 Å². The quantitative estimate of drug-likeness (QED) is 0.678. The molecule has 27 heavy (non-hydrogen) atoms. The number of aromatic nitrogens is 2. The lowest BCUT2D eigenvalue weighted by Crippen LogP contribution is -2.46. The van der Waals surface area contributed by atoms with Crippen LogP contribution in [-0.2, 0) is 26.4 Å². The van der Waals surface area contributed by atoms with E-state index in [1.54, 1.807) is 29.9 Å². The van der Waals surface area contributed by atoms with Crippen molar-refractivity contribution in [2.24, 2.45) is 0 Å². The van der Waals surface area contributed by atoms with Crippen LogP contribution in [0.2, 0.25) is 0 Å². The highest BCUT2D eigenvalue weighted by Gasteiger charge is 2.32. The molecule has 3 rings (SSSR count). The van der Waals surface area contributed by atoms with Crippen molar-refractivity contribution in [3.8, 4) is 0 Å². The van der Waals surface area contributed by atoms with Gasteiger partial charge >= 0.3 is 5.97 Å². The molecule has 0 aliphatic carbocycles. The molecule has 0 aliphatic rings. The highest BCUT2D eigenvalue weighted by atomic mass is 19.1. The van der Waals surface area contributed by atoms with Crippen molar-refractivity contribution >= 4 is 22.8 Å². The lowest BCUT2D eigenvalue weighted by atomic mass is 9.88. The topological polar surface area (TPSA) is 73.2 Å². The van der Waals surface area contributed by atoms with Gasteiger partial charge in [-0.15, -0.1) is 0 Å². The summed E-state index contributed by atoms with van der Waals surface area (Å²) < 4.78 is 19.6. The van der Waals surface area contributed by atoms with Crippen molar-refractivity contribution in [1.29, 1.82) is 0 Å². The van der Waals surface area contributed by atoms with Gasteiger partial charge < -0.3 is 10.1 Å². The van der Waals surface area contributed by atoms with Crippen molar-refractivity contribution in [3.63, 3.8) is 0 Å². The van der Waals surface area contributed by atoms with Crippen LogP contribution in [0.1, 0.15) is 18.9 Å². The van der Waals surface area contributed by atoms with Gasteiger partial charge in [0.1, 0.15) is 12.4 Å². The number of halogens is 1. The van der Waals surface area contributed by atoms with Crippen molar-refractivity contribution in [2.45, 2.75) is 25.4 Å². The fraction of sp³-hybridized carbons (Fsp3) is 0.250. The standard InChI is InChI=1S/C20H20FN3O3/c1-20(11-19(26)27-2,15-7-9-16(21)10-8-15)23-18(25)13-24-17-6-4-3-5-14(17)12-22-24/h3-10,12H,11,13H2,1-2H3,(H,23,25). The minimum Gasteiger partial charge on any atom is -0.469 e. The molecule has 0 saturated carbocycles. The average molecular weight is 369 g/mol. The zero-order chi connectivity index (χ0) is 19.4. The number of nitrogens with one attached hydrogen (secondary N) is 1. The number of benzene rings is 2. The Bertz CT molecular complexity index is 968. The number of para-hydroxylation sites is 1. The number of esters is 1. The summed E-state index contributed by atoms with van der Waals surface area (Å²) in [4.78, 5) is 24.6. The molecule has 1 N–H and O–H groups in total. The summed E-state index contributed by atoms with van der Waals surface area (Å²) in [6, 6.07) is 13.2. The third kappa shape index (κ3) is 4.13. The molecular formula is C20H20FN3O3. The summed E-state index contributed by atoms with van der Waals surface area (Å²) in [6.07, 6.45) is 1.61. The molecule has 1 unspecified atom stereocenters. The van der Waals surface area contributed by atoms with Crippen LogP contribution in [-0.4, -0.2) is 28.8 Å². The Morgan fingerprint density at radius 3 is 2.59 bits per heavy atom. The minimum atomic E-state index is -1.04. The van der Waals surface area contributed by atoms with Crippen LogP contribution >= 0.6 is 0 Å². The van der Waals surface area contributed by atoms with Gasteiger partial charge in [-0.25, -0.2) is 4.39 Å². The van der Waals surface area contributed by atoms with Crippen molar-refractivity contribution in [3.05, 3.63) is 66.1 Å². The fourth-order valence-corrected chi connectivity index (χ4v) is 3.03. The van der Waals surface area contributed by atoms with Crippen LogP contribution in [0.3, 0.4) is 0 Å². The first-order chi connectivity index (χ1) is 12.9. The Labute approximate surface area is 155 Å². The fourth-order valence-electron chi connectivity index (χ4n) is 3.03. The predicted molar refractivity (Wildman–Crippen MR) is 98.3 cm³/mol. The molecule has 0 saturated heterocycles. The molecule has 3 aromatic rings. The summed E-state index contributed by atoms with van der Waals surface area (Å²) in [6.45, 7) is 1.70. The Balaban J connectivity index is 1.83. The number of hydrogen-bond donors (Lipinski definition) is 1. The van der Waals surface area contributed by atoms with Gasteiger partial charge in [-0.2, -0.15) is 5.10 Å². The van der Waals surface area contributed by atoms with E-state index in [2.05, 4.69) is 10.4 Å². The summed E-state index contributed by atoms with van der Waals surface area (Å²) in [5.41, 5.74) is 0.401. The van der Waals surface area contributed by atoms with E-state index >= 15 is 0 Å². The number of methoxy groups -OCH3 is 1. The van der Waals surface area contributed by atoms with Crippen LogP contribution in [0.15, 0.2) is 54.7 Å². The molecule has 0 aliphatic heterocycles. The first-order valence-electron chi connectivity index (χ1n) is 8.46. The molecule has 140 valence electrons. The molecule has 1 atom stereocenters. The average Bonchev–Trinajstić information content (AvgIpc) is 3.04. The van der Waals surface area contributed by atoms with Gasteiger partial charge in [0.05, 0.1) is 30.8 Å². The monoisotopic (exact) mass is 369 g/mol. The molecule has 1 amide bonds. The van der Waals surface area contributed by atoms with Crippen LogP contribution in [0.25, 0.3) is 10.9 Å². The Kier molecular flexibility index (Phi) is 5.21. The molecule has 1 heterocycles. The molecule has 2 aromatic carbocycles. The highest BCUT2D eigenvalue weighted by Crippen LogP contribution is 2.26. The third-order valence-electron chi connectivity index (χ3n) is 4.47. The number of carbonyl (C=O) groups excluding carboxylic acids is 2. The maximum atomic E-state index is 13.3. The smallest absolute Gasteiger partial charge is 0.308 e. The zero-order valence-corrected chi connectivity index (χ0v) is 15.1. The van der Waals surface area contributed by atoms with E-state index in [-0.39, 0.29) is 18.9 Å². The van der Waals surface area contributed by atoms with Gasteiger partial charge in [0.2, 0.25) is 5.91 Å². The first kappa shape index (κ1) is 18.6. The summed E-state index contributed by atoms with van der Waals surface area (Å²) in [5, 5.41) is 8.05. The molecule has 6 nitrogen and oxygen atoms in total. The maximum absolute atomic E-state index is 13.3. The number of rotatable bonds is 6. The summed E-state index contributed by atoms with van der Waals surface area (Å²) >= 11 is 0. The van der Waals surface area contributed by atoms with Gasteiger partial charge in [-0.3, -0.25) is 14.3 Å². The Morgan fingerprint density at radius 2 is 1.89 bits per heavy atom. The Hall–Kier alpha value is -3.22. The van der Waals surface area contributed by atoms with E-state index in [9.17, 15) is 14.0 Å².